The number of nitrogens with one attached hydrogen (secondary N) is 1. The SMILES string of the molecule is CCn1c(SCC(=O)NCc2cccs2)nnc1-c1cccc(C)c1. The number of amides is 1. The molecule has 0 radical (unpaired) electrons. The van der Waals surface area contributed by atoms with E-state index in [-0.39, 0.29) is 5.91 Å². The monoisotopic (exact) mass is 372 g/mol. The Balaban J connectivity index is 1.64. The van der Waals surface area contributed by atoms with E-state index in [1.807, 2.05) is 34.2 Å². The predicted octanol–water partition coefficient (Wildman–Crippen LogP) is 3.74. The molecule has 2 aromatic heterocycles. The largest absolute Gasteiger partial charge is 0.350 e. The second-order valence-corrected chi connectivity index (χ2v) is 7.54. The van der Waals surface area contributed by atoms with Crippen LogP contribution in [0.2, 0.25) is 0 Å². The first-order valence-electron chi connectivity index (χ1n) is 8.09. The Labute approximate surface area is 155 Å². The van der Waals surface area contributed by atoms with Gasteiger partial charge in [-0.05, 0) is 31.4 Å². The number of thiophene rings is 1. The van der Waals surface area contributed by atoms with E-state index in [0.29, 0.717) is 12.3 Å². The van der Waals surface area contributed by atoms with Crippen molar-refractivity contribution in [3.05, 3.63) is 52.2 Å². The quantitative estimate of drug-likeness (QED) is 0.642. The molecule has 2 heterocycles. The molecule has 3 rings (SSSR count). The molecule has 1 amide bonds. The standard InChI is InChI=1S/C18H20N4OS2/c1-3-22-17(14-7-4-6-13(2)10-14)20-21-18(22)25-12-16(23)19-11-15-8-5-9-24-15/h4-10H,3,11-12H2,1-2H3,(H,19,23). The van der Waals surface area contributed by atoms with Crippen LogP contribution in [0.15, 0.2) is 46.9 Å². The molecule has 0 fully saturated rings. The minimum absolute atomic E-state index is 0.00107. The maximum absolute atomic E-state index is 12.0. The highest BCUT2D eigenvalue weighted by Crippen LogP contribution is 2.24. The summed E-state index contributed by atoms with van der Waals surface area (Å²) in [5, 5.41) is 14.3. The molecule has 0 aliphatic heterocycles. The molecule has 3 aromatic rings. The molecule has 1 aromatic carbocycles. The van der Waals surface area contributed by atoms with Gasteiger partial charge >= 0.3 is 0 Å². The molecule has 7 heteroatoms. The molecule has 1 N–H and O–H groups in total. The van der Waals surface area contributed by atoms with E-state index < -0.39 is 0 Å². The number of hydrogen-bond donors (Lipinski definition) is 1. The van der Waals surface area contributed by atoms with Crippen molar-refractivity contribution in [2.45, 2.75) is 32.1 Å². The van der Waals surface area contributed by atoms with Crippen molar-refractivity contribution >= 4 is 29.0 Å². The van der Waals surface area contributed by atoms with Crippen LogP contribution < -0.4 is 5.32 Å². The first kappa shape index (κ1) is 17.7. The number of nitrogens with zero attached hydrogens (tertiary/aromatic N) is 3. The van der Waals surface area contributed by atoms with Crippen LogP contribution in [0.25, 0.3) is 11.4 Å². The van der Waals surface area contributed by atoms with Crippen LogP contribution in [0.4, 0.5) is 0 Å². The second-order valence-electron chi connectivity index (χ2n) is 5.56. The van der Waals surface area contributed by atoms with Crippen LogP contribution >= 0.6 is 23.1 Å². The van der Waals surface area contributed by atoms with Crippen LogP contribution in [-0.4, -0.2) is 26.4 Å². The Morgan fingerprint density at radius 1 is 1.28 bits per heavy atom. The minimum Gasteiger partial charge on any atom is -0.350 e. The third kappa shape index (κ3) is 4.49. The van der Waals surface area contributed by atoms with Gasteiger partial charge in [-0.15, -0.1) is 21.5 Å². The molecule has 0 aliphatic carbocycles. The van der Waals surface area contributed by atoms with Crippen LogP contribution in [-0.2, 0) is 17.9 Å². The zero-order valence-corrected chi connectivity index (χ0v) is 15.9. The molecule has 0 unspecified atom stereocenters. The molecule has 5 nitrogen and oxygen atoms in total. The molecule has 0 atom stereocenters. The van der Waals surface area contributed by atoms with Crippen LogP contribution in [0.1, 0.15) is 17.4 Å². The maximum atomic E-state index is 12.0. The average molecular weight is 373 g/mol. The van der Waals surface area contributed by atoms with Gasteiger partial charge in [0.2, 0.25) is 5.91 Å². The van der Waals surface area contributed by atoms with Gasteiger partial charge in [-0.1, -0.05) is 41.6 Å². The number of rotatable bonds is 7. The van der Waals surface area contributed by atoms with Gasteiger partial charge in [-0.25, -0.2) is 0 Å². The van der Waals surface area contributed by atoms with Crippen molar-refractivity contribution in [2.75, 3.05) is 5.75 Å². The number of hydrogen-bond acceptors (Lipinski definition) is 5. The summed E-state index contributed by atoms with van der Waals surface area (Å²) in [6.07, 6.45) is 0. The molecular formula is C18H20N4OS2. The third-order valence-corrected chi connectivity index (χ3v) is 5.52. The van der Waals surface area contributed by atoms with E-state index in [4.69, 9.17) is 0 Å². The lowest BCUT2D eigenvalue weighted by atomic mass is 10.1. The Morgan fingerprint density at radius 3 is 2.88 bits per heavy atom. The van der Waals surface area contributed by atoms with Gasteiger partial charge in [0.1, 0.15) is 0 Å². The molecule has 130 valence electrons. The summed E-state index contributed by atoms with van der Waals surface area (Å²) in [5.41, 5.74) is 2.23. The highest BCUT2D eigenvalue weighted by atomic mass is 32.2. The molecule has 25 heavy (non-hydrogen) atoms. The average Bonchev–Trinajstić information content (AvgIpc) is 3.27. The number of aromatic nitrogens is 3. The van der Waals surface area contributed by atoms with Gasteiger partial charge in [0.15, 0.2) is 11.0 Å². The molecule has 0 saturated heterocycles. The molecular weight excluding hydrogens is 352 g/mol. The molecule has 0 aliphatic rings. The predicted molar refractivity (Wildman–Crippen MR) is 103 cm³/mol. The fourth-order valence-corrected chi connectivity index (χ4v) is 3.94. The highest BCUT2D eigenvalue weighted by molar-refractivity contribution is 7.99. The summed E-state index contributed by atoms with van der Waals surface area (Å²) in [6.45, 7) is 5.45. The summed E-state index contributed by atoms with van der Waals surface area (Å²) in [5.74, 6) is 1.17. The number of carbonyl (C=O) groups excluding carboxylic acids is 1. The van der Waals surface area contributed by atoms with Crippen molar-refractivity contribution < 1.29 is 4.79 Å². The Morgan fingerprint density at radius 2 is 2.16 bits per heavy atom. The van der Waals surface area contributed by atoms with Crippen molar-refractivity contribution in [2.24, 2.45) is 0 Å². The summed E-state index contributed by atoms with van der Waals surface area (Å²) < 4.78 is 2.05. The first-order valence-corrected chi connectivity index (χ1v) is 9.96. The molecule has 0 spiro atoms. The summed E-state index contributed by atoms with van der Waals surface area (Å²) >= 11 is 3.06. The zero-order valence-electron chi connectivity index (χ0n) is 14.2. The Kier molecular flexibility index (Phi) is 5.88. The highest BCUT2D eigenvalue weighted by Gasteiger charge is 2.14. The van der Waals surface area contributed by atoms with Gasteiger partial charge in [-0.2, -0.15) is 0 Å². The Bertz CT molecular complexity index is 843. The van der Waals surface area contributed by atoms with Gasteiger partial charge in [0.25, 0.3) is 0 Å². The summed E-state index contributed by atoms with van der Waals surface area (Å²) in [6, 6.07) is 12.2. The Hall–Kier alpha value is -2.12. The lowest BCUT2D eigenvalue weighted by Crippen LogP contribution is -2.24. The fourth-order valence-electron chi connectivity index (χ4n) is 2.46. The van der Waals surface area contributed by atoms with E-state index in [2.05, 4.69) is 41.5 Å². The smallest absolute Gasteiger partial charge is 0.230 e. The van der Waals surface area contributed by atoms with E-state index in [1.165, 1.54) is 17.3 Å². The van der Waals surface area contributed by atoms with Crippen molar-refractivity contribution in [1.82, 2.24) is 20.1 Å². The van der Waals surface area contributed by atoms with E-state index in [9.17, 15) is 4.79 Å². The molecule has 0 bridgehead atoms. The van der Waals surface area contributed by atoms with E-state index in [1.54, 1.807) is 11.3 Å². The third-order valence-electron chi connectivity index (χ3n) is 3.68. The number of benzene rings is 1. The maximum Gasteiger partial charge on any atom is 0.230 e. The first-order chi connectivity index (χ1) is 12.2. The number of thioether (sulfide) groups is 1. The van der Waals surface area contributed by atoms with Crippen molar-refractivity contribution in [3.8, 4) is 11.4 Å². The van der Waals surface area contributed by atoms with E-state index in [0.717, 1.165) is 28.0 Å². The van der Waals surface area contributed by atoms with Crippen LogP contribution in [0.5, 0.6) is 0 Å². The minimum atomic E-state index is 0.00107. The van der Waals surface area contributed by atoms with Gasteiger partial charge in [0.05, 0.1) is 12.3 Å². The van der Waals surface area contributed by atoms with Crippen LogP contribution in [0, 0.1) is 6.92 Å². The van der Waals surface area contributed by atoms with Gasteiger partial charge in [0, 0.05) is 17.0 Å². The van der Waals surface area contributed by atoms with Gasteiger partial charge in [-0.3, -0.25) is 4.79 Å². The normalized spacial score (nSPS) is 10.8. The van der Waals surface area contributed by atoms with Crippen molar-refractivity contribution in [3.63, 3.8) is 0 Å². The van der Waals surface area contributed by atoms with E-state index >= 15 is 0 Å². The number of carbonyl (C=O) groups is 1. The lowest BCUT2D eigenvalue weighted by Gasteiger charge is -2.08. The lowest BCUT2D eigenvalue weighted by molar-refractivity contribution is -0.118. The van der Waals surface area contributed by atoms with Crippen LogP contribution in [0.3, 0.4) is 0 Å². The number of aryl methyl sites for hydroxylation is 1. The fraction of sp³-hybridized carbons (Fsp3) is 0.278. The molecule has 0 saturated carbocycles. The zero-order chi connectivity index (χ0) is 17.6. The summed E-state index contributed by atoms with van der Waals surface area (Å²) in [7, 11) is 0. The van der Waals surface area contributed by atoms with Crippen molar-refractivity contribution in [1.29, 1.82) is 0 Å². The summed E-state index contributed by atoms with van der Waals surface area (Å²) in [4.78, 5) is 13.2. The second kappa shape index (κ2) is 8.31. The topological polar surface area (TPSA) is 59.8 Å². The van der Waals surface area contributed by atoms with Gasteiger partial charge < -0.3 is 9.88 Å².